The number of methoxy groups -OCH3 is 2. The van der Waals surface area contributed by atoms with Gasteiger partial charge < -0.3 is 24.2 Å². The van der Waals surface area contributed by atoms with Gasteiger partial charge in [-0.1, -0.05) is 49.2 Å². The van der Waals surface area contributed by atoms with Crippen LogP contribution in [0.3, 0.4) is 0 Å². The molecule has 37 heavy (non-hydrogen) atoms. The SMILES string of the molecule is COc1ccc([C@H]2C3CCCCC3(O)CCN2C(=O)C2c3ccccc3Oc3ccccc32)c(OC)c1. The van der Waals surface area contributed by atoms with E-state index in [9.17, 15) is 9.90 Å². The predicted molar refractivity (Wildman–Crippen MR) is 140 cm³/mol. The molecule has 1 amide bonds. The number of rotatable bonds is 4. The van der Waals surface area contributed by atoms with Gasteiger partial charge in [-0.15, -0.1) is 0 Å². The zero-order valence-electron chi connectivity index (χ0n) is 21.4. The maximum atomic E-state index is 14.7. The van der Waals surface area contributed by atoms with Crippen LogP contribution in [0, 0.1) is 5.92 Å². The summed E-state index contributed by atoms with van der Waals surface area (Å²) >= 11 is 0. The standard InChI is InChI=1S/C31H33NO5/c1-35-20-14-15-23(27(19-20)36-2)29-24-11-7-8-16-31(24,34)17-18-32(29)30(33)28-21-9-3-5-12-25(21)37-26-13-6-4-10-22(26)28/h3-6,9-10,12-15,19,24,28-29,34H,7-8,11,16-18H2,1-2H3/t24?,29-,31?/m0/s1. The molecule has 1 aliphatic carbocycles. The third kappa shape index (κ3) is 3.95. The average Bonchev–Trinajstić information content (AvgIpc) is 2.94. The van der Waals surface area contributed by atoms with Gasteiger partial charge in [0.2, 0.25) is 5.91 Å². The van der Waals surface area contributed by atoms with Crippen molar-refractivity contribution in [2.45, 2.75) is 49.7 Å². The first-order valence-corrected chi connectivity index (χ1v) is 13.1. The quantitative estimate of drug-likeness (QED) is 0.489. The van der Waals surface area contributed by atoms with Crippen molar-refractivity contribution in [3.8, 4) is 23.0 Å². The summed E-state index contributed by atoms with van der Waals surface area (Å²) in [5.41, 5.74) is 1.86. The Morgan fingerprint density at radius 1 is 0.919 bits per heavy atom. The number of fused-ring (bicyclic) bond motifs is 3. The van der Waals surface area contributed by atoms with Gasteiger partial charge in [-0.05, 0) is 43.5 Å². The van der Waals surface area contributed by atoms with Gasteiger partial charge >= 0.3 is 0 Å². The Balaban J connectivity index is 1.48. The maximum absolute atomic E-state index is 14.7. The smallest absolute Gasteiger partial charge is 0.235 e. The number of nitrogens with zero attached hydrogens (tertiary/aromatic N) is 1. The molecule has 6 heteroatoms. The molecule has 0 bridgehead atoms. The van der Waals surface area contributed by atoms with E-state index in [4.69, 9.17) is 14.2 Å². The van der Waals surface area contributed by atoms with Crippen LogP contribution in [-0.4, -0.2) is 42.3 Å². The fraction of sp³-hybridized carbons (Fsp3) is 0.387. The zero-order valence-corrected chi connectivity index (χ0v) is 21.4. The second-order valence-electron chi connectivity index (χ2n) is 10.4. The second kappa shape index (κ2) is 9.42. The number of carbonyl (C=O) groups excluding carboxylic acids is 1. The first-order chi connectivity index (χ1) is 18.0. The Hall–Kier alpha value is -3.51. The average molecular weight is 500 g/mol. The summed E-state index contributed by atoms with van der Waals surface area (Å²) in [5.74, 6) is 2.26. The molecule has 2 aliphatic heterocycles. The highest BCUT2D eigenvalue weighted by Crippen LogP contribution is 2.53. The molecule has 192 valence electrons. The summed E-state index contributed by atoms with van der Waals surface area (Å²) in [4.78, 5) is 16.7. The van der Waals surface area contributed by atoms with Gasteiger partial charge in [0.1, 0.15) is 23.0 Å². The fourth-order valence-electron chi connectivity index (χ4n) is 6.72. The van der Waals surface area contributed by atoms with E-state index in [1.165, 1.54) is 0 Å². The summed E-state index contributed by atoms with van der Waals surface area (Å²) in [5, 5.41) is 11.8. The lowest BCUT2D eigenvalue weighted by molar-refractivity contribution is -0.156. The molecule has 6 nitrogen and oxygen atoms in total. The molecule has 0 aromatic heterocycles. The van der Waals surface area contributed by atoms with Crippen LogP contribution in [0.4, 0.5) is 0 Å². The number of benzene rings is 3. The molecule has 1 saturated heterocycles. The molecule has 0 radical (unpaired) electrons. The van der Waals surface area contributed by atoms with E-state index in [0.717, 1.165) is 42.4 Å². The van der Waals surface area contributed by atoms with Crippen LogP contribution in [0.15, 0.2) is 66.7 Å². The predicted octanol–water partition coefficient (Wildman–Crippen LogP) is 5.84. The molecule has 3 atom stereocenters. The number of aliphatic hydroxyl groups is 1. The van der Waals surface area contributed by atoms with Crippen LogP contribution < -0.4 is 14.2 Å². The van der Waals surface area contributed by atoms with Crippen molar-refractivity contribution in [3.05, 3.63) is 83.4 Å². The largest absolute Gasteiger partial charge is 0.497 e. The van der Waals surface area contributed by atoms with Crippen LogP contribution in [0.2, 0.25) is 0 Å². The van der Waals surface area contributed by atoms with Gasteiger partial charge in [0.05, 0.1) is 31.8 Å². The summed E-state index contributed by atoms with van der Waals surface area (Å²) in [6, 6.07) is 21.1. The van der Waals surface area contributed by atoms with E-state index < -0.39 is 11.5 Å². The maximum Gasteiger partial charge on any atom is 0.235 e. The highest BCUT2D eigenvalue weighted by atomic mass is 16.5. The van der Waals surface area contributed by atoms with E-state index in [0.29, 0.717) is 36.0 Å². The molecule has 2 unspecified atom stereocenters. The van der Waals surface area contributed by atoms with E-state index in [1.54, 1.807) is 14.2 Å². The molecule has 6 rings (SSSR count). The summed E-state index contributed by atoms with van der Waals surface area (Å²) in [7, 11) is 3.27. The molecule has 2 fully saturated rings. The number of para-hydroxylation sites is 2. The summed E-state index contributed by atoms with van der Waals surface area (Å²) < 4.78 is 17.4. The van der Waals surface area contributed by atoms with Crippen LogP contribution >= 0.6 is 0 Å². The Kier molecular flexibility index (Phi) is 6.07. The molecule has 3 aliphatic rings. The van der Waals surface area contributed by atoms with E-state index >= 15 is 0 Å². The van der Waals surface area contributed by atoms with Crippen molar-refractivity contribution in [2.75, 3.05) is 20.8 Å². The number of hydrogen-bond acceptors (Lipinski definition) is 5. The van der Waals surface area contributed by atoms with Crippen molar-refractivity contribution in [2.24, 2.45) is 5.92 Å². The monoisotopic (exact) mass is 499 g/mol. The second-order valence-corrected chi connectivity index (χ2v) is 10.4. The molecule has 2 heterocycles. The number of amides is 1. The van der Waals surface area contributed by atoms with E-state index in [1.807, 2.05) is 71.6 Å². The molecule has 1 saturated carbocycles. The first-order valence-electron chi connectivity index (χ1n) is 13.1. The molecule has 3 aromatic rings. The Bertz CT molecular complexity index is 1280. The Morgan fingerprint density at radius 2 is 1.62 bits per heavy atom. The molecule has 0 spiro atoms. The first kappa shape index (κ1) is 23.9. The molecule has 1 N–H and O–H groups in total. The molecular weight excluding hydrogens is 466 g/mol. The number of hydrogen-bond donors (Lipinski definition) is 1. The Labute approximate surface area is 217 Å². The van der Waals surface area contributed by atoms with Crippen molar-refractivity contribution in [1.82, 2.24) is 4.90 Å². The van der Waals surface area contributed by atoms with Gasteiger partial charge in [0.15, 0.2) is 0 Å². The van der Waals surface area contributed by atoms with E-state index in [2.05, 4.69) is 0 Å². The van der Waals surface area contributed by atoms with Gasteiger partial charge in [-0.25, -0.2) is 0 Å². The normalized spacial score (nSPS) is 24.8. The van der Waals surface area contributed by atoms with Crippen molar-refractivity contribution in [1.29, 1.82) is 0 Å². The lowest BCUT2D eigenvalue weighted by Gasteiger charge is -2.53. The Morgan fingerprint density at radius 3 is 2.30 bits per heavy atom. The van der Waals surface area contributed by atoms with Crippen LogP contribution in [0.25, 0.3) is 0 Å². The highest BCUT2D eigenvalue weighted by molar-refractivity contribution is 5.90. The number of ether oxygens (including phenoxy) is 3. The van der Waals surface area contributed by atoms with Gasteiger partial charge in [0.25, 0.3) is 0 Å². The van der Waals surface area contributed by atoms with Gasteiger partial charge in [-0.3, -0.25) is 4.79 Å². The minimum absolute atomic E-state index is 0.0266. The number of piperidine rings is 1. The molecular formula is C31H33NO5. The number of carbonyl (C=O) groups is 1. The lowest BCUT2D eigenvalue weighted by Crippen LogP contribution is -2.57. The highest BCUT2D eigenvalue weighted by Gasteiger charge is 2.52. The minimum atomic E-state index is -0.796. The zero-order chi connectivity index (χ0) is 25.6. The summed E-state index contributed by atoms with van der Waals surface area (Å²) in [6.07, 6.45) is 4.24. The van der Waals surface area contributed by atoms with Crippen molar-refractivity contribution in [3.63, 3.8) is 0 Å². The number of likely N-dealkylation sites (tertiary alicyclic amines) is 1. The minimum Gasteiger partial charge on any atom is -0.497 e. The summed E-state index contributed by atoms with van der Waals surface area (Å²) in [6.45, 7) is 0.480. The van der Waals surface area contributed by atoms with E-state index in [-0.39, 0.29) is 17.9 Å². The van der Waals surface area contributed by atoms with Crippen LogP contribution in [0.1, 0.15) is 60.8 Å². The topological polar surface area (TPSA) is 68.2 Å². The van der Waals surface area contributed by atoms with Crippen LogP contribution in [0.5, 0.6) is 23.0 Å². The molecule has 3 aromatic carbocycles. The third-order valence-electron chi connectivity index (χ3n) is 8.54. The third-order valence-corrected chi connectivity index (χ3v) is 8.54. The van der Waals surface area contributed by atoms with Crippen LogP contribution in [-0.2, 0) is 4.79 Å². The van der Waals surface area contributed by atoms with Crippen molar-refractivity contribution < 1.29 is 24.1 Å². The van der Waals surface area contributed by atoms with Gasteiger partial charge in [0, 0.05) is 35.2 Å². The fourth-order valence-corrected chi connectivity index (χ4v) is 6.72. The van der Waals surface area contributed by atoms with Gasteiger partial charge in [-0.2, -0.15) is 0 Å². The van der Waals surface area contributed by atoms with Crippen molar-refractivity contribution >= 4 is 5.91 Å². The lowest BCUT2D eigenvalue weighted by atomic mass is 9.65.